The van der Waals surface area contributed by atoms with Gasteiger partial charge in [-0.3, -0.25) is 9.50 Å². The molecular weight excluding hydrogens is 190 g/mol. The molecule has 0 aromatic carbocycles. The van der Waals surface area contributed by atoms with E-state index in [2.05, 4.69) is 5.32 Å². The minimum Gasteiger partial charge on any atom is -0.299 e. The van der Waals surface area contributed by atoms with E-state index in [0.717, 1.165) is 6.42 Å². The zero-order valence-electron chi connectivity index (χ0n) is 8.54. The number of nitrogens with one attached hydrogen (secondary N) is 1. The molecule has 0 aromatic heterocycles. The Labute approximate surface area is 80.8 Å². The summed E-state index contributed by atoms with van der Waals surface area (Å²) in [5, 5.41) is 2.26. The van der Waals surface area contributed by atoms with Crippen LogP contribution in [0.15, 0.2) is 0 Å². The van der Waals surface area contributed by atoms with E-state index in [4.69, 9.17) is 4.18 Å². The molecule has 0 aliphatic carbocycles. The molecule has 0 radical (unpaired) electrons. The largest absolute Gasteiger partial charge is 0.299 e. The van der Waals surface area contributed by atoms with Crippen LogP contribution in [0.25, 0.3) is 0 Å². The van der Waals surface area contributed by atoms with Crippen LogP contribution in [-0.2, 0) is 14.3 Å². The molecule has 0 bridgehead atoms. The summed E-state index contributed by atoms with van der Waals surface area (Å²) in [6.45, 7) is 6.41. The van der Waals surface area contributed by atoms with Gasteiger partial charge in [-0.25, -0.2) is 0 Å². The molecule has 1 atom stereocenters. The lowest BCUT2D eigenvalue weighted by Gasteiger charge is -2.13. The van der Waals surface area contributed by atoms with Crippen LogP contribution in [0.5, 0.6) is 0 Å². The van der Waals surface area contributed by atoms with Crippen molar-refractivity contribution in [2.45, 2.75) is 39.0 Å². The van der Waals surface area contributed by atoms with Gasteiger partial charge in [0.05, 0.1) is 6.61 Å². The summed E-state index contributed by atoms with van der Waals surface area (Å²) in [4.78, 5) is 0. The van der Waals surface area contributed by atoms with Gasteiger partial charge >= 0.3 is 0 Å². The van der Waals surface area contributed by atoms with Crippen molar-refractivity contribution < 1.29 is 12.6 Å². The van der Waals surface area contributed by atoms with Crippen LogP contribution < -0.4 is 5.32 Å². The monoisotopic (exact) mass is 209 g/mol. The molecule has 0 heterocycles. The van der Waals surface area contributed by atoms with Crippen LogP contribution in [0, 0.1) is 0 Å². The summed E-state index contributed by atoms with van der Waals surface area (Å²) in [6.07, 6.45) is 1.62. The molecule has 4 nitrogen and oxygen atoms in total. The highest BCUT2D eigenvalue weighted by Gasteiger charge is 2.19. The summed E-state index contributed by atoms with van der Waals surface area (Å²) < 4.78 is 27.4. The summed E-state index contributed by atoms with van der Waals surface area (Å²) in [6, 6.07) is 0. The third-order valence-electron chi connectivity index (χ3n) is 1.57. The lowest BCUT2D eigenvalue weighted by molar-refractivity contribution is 0.308. The van der Waals surface area contributed by atoms with Crippen LogP contribution in [-0.4, -0.2) is 26.9 Å². The fraction of sp³-hybridized carbons (Fsp3) is 1.00. The van der Waals surface area contributed by atoms with Gasteiger partial charge in [0.2, 0.25) is 0 Å². The molecule has 0 aromatic rings. The Kier molecular flexibility index (Phi) is 6.28. The van der Waals surface area contributed by atoms with Gasteiger partial charge in [-0.2, -0.15) is 8.42 Å². The van der Waals surface area contributed by atoms with Crippen molar-refractivity contribution >= 4 is 10.1 Å². The maximum absolute atomic E-state index is 11.3. The second kappa shape index (κ2) is 6.34. The van der Waals surface area contributed by atoms with E-state index >= 15 is 0 Å². The van der Waals surface area contributed by atoms with Gasteiger partial charge < -0.3 is 0 Å². The topological polar surface area (TPSA) is 55.4 Å². The molecule has 0 saturated carbocycles. The van der Waals surface area contributed by atoms with Crippen LogP contribution >= 0.6 is 0 Å². The van der Waals surface area contributed by atoms with Gasteiger partial charge in [-0.15, -0.1) is 0 Å². The van der Waals surface area contributed by atoms with Crippen molar-refractivity contribution in [3.05, 3.63) is 0 Å². The summed E-state index contributed by atoms with van der Waals surface area (Å²) in [5.41, 5.74) is 0. The van der Waals surface area contributed by atoms with E-state index in [-0.39, 0.29) is 6.61 Å². The summed E-state index contributed by atoms with van der Waals surface area (Å²) >= 11 is 0. The maximum Gasteiger partial charge on any atom is 0.283 e. The van der Waals surface area contributed by atoms with Gasteiger partial charge in [0.1, 0.15) is 5.37 Å². The van der Waals surface area contributed by atoms with E-state index in [0.29, 0.717) is 13.0 Å². The van der Waals surface area contributed by atoms with Gasteiger partial charge in [-0.05, 0) is 26.3 Å². The zero-order chi connectivity index (χ0) is 10.3. The first kappa shape index (κ1) is 12.9. The highest BCUT2D eigenvalue weighted by molar-refractivity contribution is 7.87. The van der Waals surface area contributed by atoms with Crippen LogP contribution in [0.2, 0.25) is 0 Å². The smallest absolute Gasteiger partial charge is 0.283 e. The molecule has 1 N–H and O–H groups in total. The second-order valence-electron chi connectivity index (χ2n) is 2.91. The van der Waals surface area contributed by atoms with Crippen molar-refractivity contribution in [2.24, 2.45) is 0 Å². The molecule has 0 amide bonds. The Balaban J connectivity index is 3.96. The molecule has 0 fully saturated rings. The van der Waals surface area contributed by atoms with Crippen molar-refractivity contribution in [2.75, 3.05) is 13.2 Å². The van der Waals surface area contributed by atoms with E-state index in [1.165, 1.54) is 0 Å². The lowest BCUT2D eigenvalue weighted by Crippen LogP contribution is -2.35. The Morgan fingerprint density at radius 1 is 1.31 bits per heavy atom. The average molecular weight is 209 g/mol. The molecule has 5 heteroatoms. The minimum absolute atomic E-state index is 0.264. The molecule has 0 spiro atoms. The predicted octanol–water partition coefficient (Wildman–Crippen LogP) is 1.09. The molecule has 0 aliphatic heterocycles. The first-order chi connectivity index (χ1) is 6.04. The number of hydrogen-bond acceptors (Lipinski definition) is 4. The van der Waals surface area contributed by atoms with Gasteiger partial charge in [0.15, 0.2) is 0 Å². The second-order valence-corrected chi connectivity index (χ2v) is 4.84. The van der Waals surface area contributed by atoms with E-state index in [1.54, 1.807) is 6.92 Å². The number of rotatable bonds is 7. The fourth-order valence-electron chi connectivity index (χ4n) is 0.751. The third kappa shape index (κ3) is 5.23. The predicted molar refractivity (Wildman–Crippen MR) is 52.9 cm³/mol. The van der Waals surface area contributed by atoms with E-state index in [9.17, 15) is 8.42 Å². The highest BCUT2D eigenvalue weighted by Crippen LogP contribution is 2.01. The first-order valence-corrected chi connectivity index (χ1v) is 6.13. The van der Waals surface area contributed by atoms with Crippen molar-refractivity contribution in [3.8, 4) is 0 Å². The molecule has 1 unspecified atom stereocenters. The zero-order valence-corrected chi connectivity index (χ0v) is 9.36. The quantitative estimate of drug-likeness (QED) is 0.638. The maximum atomic E-state index is 11.3. The summed E-state index contributed by atoms with van der Waals surface area (Å²) in [5.74, 6) is 0. The van der Waals surface area contributed by atoms with E-state index in [1.807, 2.05) is 13.8 Å². The lowest BCUT2D eigenvalue weighted by atomic mass is 10.5. The van der Waals surface area contributed by atoms with Crippen LogP contribution in [0.4, 0.5) is 0 Å². The SMILES string of the molecule is CCCNC(C)S(=O)(=O)OCCC. The standard InChI is InChI=1S/C8H19NO3S/c1-4-6-9-8(3)13(10,11)12-7-5-2/h8-9H,4-7H2,1-3H3. The fourth-order valence-corrected chi connectivity index (χ4v) is 1.68. The van der Waals surface area contributed by atoms with Gasteiger partial charge in [0.25, 0.3) is 10.1 Å². The Bertz CT molecular complexity index is 213. The Morgan fingerprint density at radius 3 is 2.38 bits per heavy atom. The molecule has 0 aliphatic rings. The molecule has 0 rings (SSSR count). The van der Waals surface area contributed by atoms with Gasteiger partial charge in [0, 0.05) is 0 Å². The van der Waals surface area contributed by atoms with Crippen molar-refractivity contribution in [1.29, 1.82) is 0 Å². The van der Waals surface area contributed by atoms with Crippen LogP contribution in [0.3, 0.4) is 0 Å². The van der Waals surface area contributed by atoms with Gasteiger partial charge in [-0.1, -0.05) is 13.8 Å². The molecular formula is C8H19NO3S. The first-order valence-electron chi connectivity index (χ1n) is 4.66. The molecule has 13 heavy (non-hydrogen) atoms. The summed E-state index contributed by atoms with van der Waals surface area (Å²) in [7, 11) is -3.41. The van der Waals surface area contributed by atoms with Crippen LogP contribution in [0.1, 0.15) is 33.6 Å². The van der Waals surface area contributed by atoms with Crippen molar-refractivity contribution in [3.63, 3.8) is 0 Å². The minimum atomic E-state index is -3.41. The Hall–Kier alpha value is -0.130. The van der Waals surface area contributed by atoms with E-state index < -0.39 is 15.5 Å². The molecule has 80 valence electrons. The molecule has 0 saturated heterocycles. The Morgan fingerprint density at radius 2 is 1.92 bits per heavy atom. The van der Waals surface area contributed by atoms with Crippen molar-refractivity contribution in [1.82, 2.24) is 5.32 Å². The number of hydrogen-bond donors (Lipinski definition) is 1. The third-order valence-corrected chi connectivity index (χ3v) is 3.09. The highest BCUT2D eigenvalue weighted by atomic mass is 32.2. The normalized spacial score (nSPS) is 14.4. The average Bonchev–Trinajstić information content (AvgIpc) is 2.10.